The topological polar surface area (TPSA) is 24.1 Å². The second-order valence-corrected chi connectivity index (χ2v) is 5.24. The summed E-state index contributed by atoms with van der Waals surface area (Å²) in [5, 5.41) is 6.63. The predicted octanol–water partition coefficient (Wildman–Crippen LogP) is 4.14. The van der Waals surface area contributed by atoms with E-state index in [2.05, 4.69) is 34.9 Å². The van der Waals surface area contributed by atoms with Gasteiger partial charge in [0.1, 0.15) is 5.82 Å². The molecule has 0 bridgehead atoms. The van der Waals surface area contributed by atoms with E-state index in [0.717, 1.165) is 25.8 Å². The van der Waals surface area contributed by atoms with Crippen molar-refractivity contribution in [1.82, 2.24) is 5.32 Å². The molecule has 0 radical (unpaired) electrons. The summed E-state index contributed by atoms with van der Waals surface area (Å²) < 4.78 is 13.0. The number of nitrogens with one attached hydrogen (secondary N) is 2. The van der Waals surface area contributed by atoms with Crippen molar-refractivity contribution >= 4 is 23.0 Å². The number of halogens is 1. The normalized spacial score (nSPS) is 10.1. The molecule has 0 atom stereocenters. The Labute approximate surface area is 130 Å². The van der Waals surface area contributed by atoms with Crippen LogP contribution in [0.25, 0.3) is 0 Å². The molecule has 2 aromatic rings. The molecule has 0 aliphatic rings. The first-order chi connectivity index (χ1) is 10.2. The van der Waals surface area contributed by atoms with Crippen molar-refractivity contribution in [2.24, 2.45) is 0 Å². The molecule has 0 aromatic heterocycles. The maximum Gasteiger partial charge on any atom is 0.170 e. The van der Waals surface area contributed by atoms with E-state index >= 15 is 0 Å². The Morgan fingerprint density at radius 2 is 1.81 bits per heavy atom. The third-order valence-electron chi connectivity index (χ3n) is 3.10. The third-order valence-corrected chi connectivity index (χ3v) is 3.35. The molecule has 0 saturated carbocycles. The van der Waals surface area contributed by atoms with Crippen LogP contribution >= 0.6 is 12.2 Å². The van der Waals surface area contributed by atoms with Crippen LogP contribution in [0.1, 0.15) is 18.4 Å². The van der Waals surface area contributed by atoms with Crippen LogP contribution in [-0.4, -0.2) is 11.7 Å². The Morgan fingerprint density at radius 3 is 2.57 bits per heavy atom. The highest BCUT2D eigenvalue weighted by atomic mass is 32.1. The highest BCUT2D eigenvalue weighted by molar-refractivity contribution is 7.80. The summed E-state index contributed by atoms with van der Waals surface area (Å²) in [5.41, 5.74) is 2.02. The fourth-order valence-corrected chi connectivity index (χ4v) is 2.26. The van der Waals surface area contributed by atoms with Crippen LogP contribution in [0, 0.1) is 5.82 Å². The molecule has 110 valence electrons. The first-order valence-electron chi connectivity index (χ1n) is 7.08. The smallest absolute Gasteiger partial charge is 0.170 e. The Balaban J connectivity index is 1.61. The maximum absolute atomic E-state index is 13.0. The maximum atomic E-state index is 13.0. The van der Waals surface area contributed by atoms with Crippen LogP contribution in [0.5, 0.6) is 0 Å². The van der Waals surface area contributed by atoms with Crippen molar-refractivity contribution in [2.75, 3.05) is 11.9 Å². The minimum atomic E-state index is -0.273. The predicted molar refractivity (Wildman–Crippen MR) is 90.0 cm³/mol. The lowest BCUT2D eigenvalue weighted by molar-refractivity contribution is 0.628. The summed E-state index contributed by atoms with van der Waals surface area (Å²) in [6.07, 6.45) is 3.23. The zero-order valence-corrected chi connectivity index (χ0v) is 12.6. The van der Waals surface area contributed by atoms with Gasteiger partial charge in [-0.25, -0.2) is 4.39 Å². The van der Waals surface area contributed by atoms with Crippen molar-refractivity contribution in [2.45, 2.75) is 19.3 Å². The van der Waals surface area contributed by atoms with Gasteiger partial charge in [-0.05, 0) is 55.2 Å². The van der Waals surface area contributed by atoms with Crippen LogP contribution < -0.4 is 10.6 Å². The molecule has 0 aliphatic carbocycles. The van der Waals surface area contributed by atoms with E-state index in [-0.39, 0.29) is 5.82 Å². The fraction of sp³-hybridized carbons (Fsp3) is 0.235. The van der Waals surface area contributed by atoms with Crippen molar-refractivity contribution in [3.8, 4) is 0 Å². The molecular formula is C17H19FN2S. The Kier molecular flexibility index (Phi) is 6.16. The van der Waals surface area contributed by atoms with Gasteiger partial charge in [-0.2, -0.15) is 0 Å². The lowest BCUT2D eigenvalue weighted by Gasteiger charge is -2.10. The highest BCUT2D eigenvalue weighted by Crippen LogP contribution is 2.08. The van der Waals surface area contributed by atoms with Gasteiger partial charge in [0.05, 0.1) is 0 Å². The lowest BCUT2D eigenvalue weighted by Crippen LogP contribution is -2.29. The summed E-state index contributed by atoms with van der Waals surface area (Å²) in [6.45, 7) is 0.813. The number of rotatable bonds is 6. The first-order valence-corrected chi connectivity index (χ1v) is 7.49. The van der Waals surface area contributed by atoms with Crippen molar-refractivity contribution < 1.29 is 4.39 Å². The van der Waals surface area contributed by atoms with Gasteiger partial charge in [-0.1, -0.05) is 36.4 Å². The van der Waals surface area contributed by atoms with Gasteiger partial charge < -0.3 is 10.6 Å². The van der Waals surface area contributed by atoms with Gasteiger partial charge in [0, 0.05) is 12.2 Å². The number of aryl methyl sites for hydroxylation is 1. The Morgan fingerprint density at radius 1 is 1.00 bits per heavy atom. The lowest BCUT2D eigenvalue weighted by atomic mass is 10.1. The molecule has 0 unspecified atom stereocenters. The summed E-state index contributed by atoms with van der Waals surface area (Å²) in [5.74, 6) is -0.273. The summed E-state index contributed by atoms with van der Waals surface area (Å²) in [6, 6.07) is 16.7. The average Bonchev–Trinajstić information content (AvgIpc) is 2.48. The molecule has 0 spiro atoms. The molecule has 0 heterocycles. The molecule has 2 rings (SSSR count). The monoisotopic (exact) mass is 302 g/mol. The second kappa shape index (κ2) is 8.37. The van der Waals surface area contributed by atoms with Crippen LogP contribution in [-0.2, 0) is 6.42 Å². The minimum absolute atomic E-state index is 0.273. The second-order valence-electron chi connectivity index (χ2n) is 4.83. The van der Waals surface area contributed by atoms with Gasteiger partial charge in [-0.3, -0.25) is 0 Å². The van der Waals surface area contributed by atoms with E-state index in [0.29, 0.717) is 10.8 Å². The van der Waals surface area contributed by atoms with Crippen molar-refractivity contribution in [3.63, 3.8) is 0 Å². The average molecular weight is 302 g/mol. The SMILES string of the molecule is Fc1cccc(NC(=S)NCCCCc2ccccc2)c1. The highest BCUT2D eigenvalue weighted by Gasteiger charge is 1.98. The Bertz CT molecular complexity index is 572. The quantitative estimate of drug-likeness (QED) is 0.619. The largest absolute Gasteiger partial charge is 0.362 e. The third kappa shape index (κ3) is 5.92. The first kappa shape index (κ1) is 15.4. The molecule has 0 fully saturated rings. The van der Waals surface area contributed by atoms with Crippen LogP contribution in [0.4, 0.5) is 10.1 Å². The zero-order chi connectivity index (χ0) is 14.9. The van der Waals surface area contributed by atoms with Crippen LogP contribution in [0.3, 0.4) is 0 Å². The van der Waals surface area contributed by atoms with Gasteiger partial charge in [0.2, 0.25) is 0 Å². The van der Waals surface area contributed by atoms with Crippen molar-refractivity contribution in [1.29, 1.82) is 0 Å². The van der Waals surface area contributed by atoms with E-state index in [1.54, 1.807) is 12.1 Å². The molecule has 2 aromatic carbocycles. The number of unbranched alkanes of at least 4 members (excludes halogenated alkanes) is 1. The molecule has 4 heteroatoms. The van der Waals surface area contributed by atoms with E-state index in [1.165, 1.54) is 17.7 Å². The van der Waals surface area contributed by atoms with E-state index in [9.17, 15) is 4.39 Å². The minimum Gasteiger partial charge on any atom is -0.362 e. The zero-order valence-electron chi connectivity index (χ0n) is 11.8. The molecule has 21 heavy (non-hydrogen) atoms. The summed E-state index contributed by atoms with van der Waals surface area (Å²) in [4.78, 5) is 0. The van der Waals surface area contributed by atoms with E-state index in [4.69, 9.17) is 12.2 Å². The number of thiocarbonyl (C=S) groups is 1. The van der Waals surface area contributed by atoms with E-state index < -0.39 is 0 Å². The standard InChI is InChI=1S/C17H19FN2S/c18-15-10-6-11-16(13-15)20-17(21)19-12-5-4-9-14-7-2-1-3-8-14/h1-3,6-8,10-11,13H,4-5,9,12H2,(H2,19,20,21). The summed E-state index contributed by atoms with van der Waals surface area (Å²) in [7, 11) is 0. The summed E-state index contributed by atoms with van der Waals surface area (Å²) >= 11 is 5.18. The number of hydrogen-bond acceptors (Lipinski definition) is 1. The number of anilines is 1. The number of hydrogen-bond donors (Lipinski definition) is 2. The Hall–Kier alpha value is -1.94. The van der Waals surface area contributed by atoms with E-state index in [1.807, 2.05) is 6.07 Å². The molecule has 0 saturated heterocycles. The van der Waals surface area contributed by atoms with Crippen LogP contribution in [0.15, 0.2) is 54.6 Å². The van der Waals surface area contributed by atoms with Gasteiger partial charge in [-0.15, -0.1) is 0 Å². The molecule has 0 aliphatic heterocycles. The van der Waals surface area contributed by atoms with Crippen LogP contribution in [0.2, 0.25) is 0 Å². The van der Waals surface area contributed by atoms with Gasteiger partial charge in [0.25, 0.3) is 0 Å². The molecule has 2 nitrogen and oxygen atoms in total. The van der Waals surface area contributed by atoms with Gasteiger partial charge >= 0.3 is 0 Å². The number of benzene rings is 2. The molecule has 2 N–H and O–H groups in total. The van der Waals surface area contributed by atoms with Crippen molar-refractivity contribution in [3.05, 3.63) is 66.0 Å². The molecular weight excluding hydrogens is 283 g/mol. The van der Waals surface area contributed by atoms with Gasteiger partial charge in [0.15, 0.2) is 5.11 Å². The fourth-order valence-electron chi connectivity index (χ4n) is 2.04. The molecule has 0 amide bonds.